The maximum Gasteiger partial charge on any atom is 0.327 e. The summed E-state index contributed by atoms with van der Waals surface area (Å²) >= 11 is 7.28. The SMILES string of the molecule is CC(O)S.N[C@@H](CCC(=O)N[C@@H](CS)C(=O)O)C(=O)O. The standard InChI is InChI=1S/C8H14N2O5S.C2H6OS/c9-4(7(12)13)1-2-6(11)10-5(3-16)8(14)15;1-2(3)4/h4-5,16H,1-3,9H2,(H,10,11)(H,12,13)(H,14,15);2-4H,1H3/t4-,5-;/m0./s1. The highest BCUT2D eigenvalue weighted by atomic mass is 32.1. The minimum atomic E-state index is -1.20. The van der Waals surface area contributed by atoms with Gasteiger partial charge in [0.15, 0.2) is 0 Å². The second-order valence-corrected chi connectivity index (χ2v) is 4.87. The predicted molar refractivity (Wildman–Crippen MR) is 78.9 cm³/mol. The van der Waals surface area contributed by atoms with Crippen molar-refractivity contribution in [1.82, 2.24) is 5.32 Å². The molecule has 3 atom stereocenters. The van der Waals surface area contributed by atoms with Crippen molar-refractivity contribution in [3.63, 3.8) is 0 Å². The van der Waals surface area contributed by atoms with Crippen LogP contribution in [0.2, 0.25) is 0 Å². The third-order valence-electron chi connectivity index (χ3n) is 1.82. The Morgan fingerprint density at radius 3 is 2.00 bits per heavy atom. The number of thiol groups is 2. The topological polar surface area (TPSA) is 150 Å². The number of carboxylic acids is 2. The number of aliphatic carboxylic acids is 2. The van der Waals surface area contributed by atoms with Crippen molar-refractivity contribution < 1.29 is 29.7 Å². The van der Waals surface area contributed by atoms with E-state index in [9.17, 15) is 14.4 Å². The lowest BCUT2D eigenvalue weighted by atomic mass is 10.1. The number of hydrogen-bond donors (Lipinski definition) is 7. The molecule has 0 fully saturated rings. The monoisotopic (exact) mass is 328 g/mol. The zero-order valence-corrected chi connectivity index (χ0v) is 12.7. The second-order valence-electron chi connectivity index (χ2n) is 3.76. The molecule has 0 saturated heterocycles. The van der Waals surface area contributed by atoms with Crippen LogP contribution in [-0.2, 0) is 14.4 Å². The summed E-state index contributed by atoms with van der Waals surface area (Å²) in [6.07, 6.45) is -0.175. The highest BCUT2D eigenvalue weighted by molar-refractivity contribution is 7.80. The molecular weight excluding hydrogens is 308 g/mol. The smallest absolute Gasteiger partial charge is 0.327 e. The van der Waals surface area contributed by atoms with E-state index in [1.165, 1.54) is 0 Å². The number of carbonyl (C=O) groups excluding carboxylic acids is 1. The molecule has 8 nitrogen and oxygen atoms in total. The van der Waals surface area contributed by atoms with Gasteiger partial charge in [0.2, 0.25) is 5.91 Å². The van der Waals surface area contributed by atoms with Crippen LogP contribution in [0.5, 0.6) is 0 Å². The van der Waals surface area contributed by atoms with Gasteiger partial charge in [0.25, 0.3) is 0 Å². The van der Waals surface area contributed by atoms with Crippen LogP contribution in [0, 0.1) is 0 Å². The first-order chi connectivity index (χ1) is 9.11. The van der Waals surface area contributed by atoms with Crippen LogP contribution in [0.1, 0.15) is 19.8 Å². The van der Waals surface area contributed by atoms with Crippen molar-refractivity contribution in [3.8, 4) is 0 Å². The van der Waals surface area contributed by atoms with Gasteiger partial charge in [-0.25, -0.2) is 4.79 Å². The first-order valence-electron chi connectivity index (χ1n) is 5.59. The van der Waals surface area contributed by atoms with Crippen LogP contribution in [-0.4, -0.2) is 56.4 Å². The number of carbonyl (C=O) groups is 3. The van der Waals surface area contributed by atoms with Crippen LogP contribution in [0.4, 0.5) is 0 Å². The largest absolute Gasteiger partial charge is 0.480 e. The summed E-state index contributed by atoms with van der Waals surface area (Å²) < 4.78 is 0. The molecule has 118 valence electrons. The average Bonchev–Trinajstić information content (AvgIpc) is 2.31. The molecule has 1 amide bonds. The van der Waals surface area contributed by atoms with Gasteiger partial charge in [-0.3, -0.25) is 9.59 Å². The van der Waals surface area contributed by atoms with Crippen LogP contribution < -0.4 is 11.1 Å². The lowest BCUT2D eigenvalue weighted by molar-refractivity contribution is -0.141. The van der Waals surface area contributed by atoms with Crippen molar-refractivity contribution in [3.05, 3.63) is 0 Å². The first-order valence-corrected chi connectivity index (χ1v) is 6.74. The number of aliphatic hydroxyl groups excluding tert-OH is 1. The van der Waals surface area contributed by atoms with Crippen molar-refractivity contribution in [2.24, 2.45) is 5.73 Å². The van der Waals surface area contributed by atoms with E-state index in [0.29, 0.717) is 0 Å². The number of nitrogens with two attached hydrogens (primary N) is 1. The van der Waals surface area contributed by atoms with Gasteiger partial charge in [0.1, 0.15) is 12.1 Å². The molecule has 0 radical (unpaired) electrons. The minimum Gasteiger partial charge on any atom is -0.480 e. The number of carboxylic acid groups (broad SMARTS) is 2. The first kappa shape index (κ1) is 21.3. The molecule has 10 heteroatoms. The van der Waals surface area contributed by atoms with E-state index in [1.54, 1.807) is 6.92 Å². The summed E-state index contributed by atoms with van der Waals surface area (Å²) in [5.41, 5.74) is 4.70. The van der Waals surface area contributed by atoms with Gasteiger partial charge in [-0.2, -0.15) is 12.6 Å². The van der Waals surface area contributed by atoms with Crippen molar-refractivity contribution >= 4 is 43.1 Å². The van der Waals surface area contributed by atoms with Gasteiger partial charge in [0.05, 0.1) is 5.44 Å². The van der Waals surface area contributed by atoms with Gasteiger partial charge in [-0.05, 0) is 13.3 Å². The highest BCUT2D eigenvalue weighted by Crippen LogP contribution is 1.97. The van der Waals surface area contributed by atoms with Gasteiger partial charge in [0, 0.05) is 12.2 Å². The van der Waals surface area contributed by atoms with E-state index < -0.39 is 35.4 Å². The quantitative estimate of drug-likeness (QED) is 0.232. The Bertz CT molecular complexity index is 324. The van der Waals surface area contributed by atoms with Crippen LogP contribution in [0.25, 0.3) is 0 Å². The fourth-order valence-corrected chi connectivity index (χ4v) is 1.11. The molecule has 0 aliphatic carbocycles. The zero-order valence-electron chi connectivity index (χ0n) is 10.9. The fourth-order valence-electron chi connectivity index (χ4n) is 0.862. The van der Waals surface area contributed by atoms with E-state index in [4.69, 9.17) is 21.1 Å². The second kappa shape index (κ2) is 11.8. The van der Waals surface area contributed by atoms with E-state index in [1.807, 2.05) is 0 Å². The predicted octanol–water partition coefficient (Wildman–Crippen LogP) is -1.07. The van der Waals surface area contributed by atoms with E-state index >= 15 is 0 Å². The summed E-state index contributed by atoms with van der Waals surface area (Å²) in [4.78, 5) is 32.1. The van der Waals surface area contributed by atoms with Gasteiger partial charge >= 0.3 is 11.9 Å². The van der Waals surface area contributed by atoms with Gasteiger partial charge in [-0.15, -0.1) is 12.6 Å². The van der Waals surface area contributed by atoms with Gasteiger partial charge in [-0.1, -0.05) is 0 Å². The minimum absolute atomic E-state index is 0.0357. The zero-order chi connectivity index (χ0) is 16.3. The molecule has 0 aromatic carbocycles. The molecule has 0 aliphatic heterocycles. The number of aliphatic hydroxyl groups is 1. The lowest BCUT2D eigenvalue weighted by Crippen LogP contribution is -2.42. The third kappa shape index (κ3) is 13.5. The van der Waals surface area contributed by atoms with Crippen molar-refractivity contribution in [1.29, 1.82) is 0 Å². The lowest BCUT2D eigenvalue weighted by Gasteiger charge is -2.12. The molecular formula is C10H20N2O6S2. The molecule has 20 heavy (non-hydrogen) atoms. The van der Waals surface area contributed by atoms with Crippen LogP contribution in [0.3, 0.4) is 0 Å². The summed E-state index contributed by atoms with van der Waals surface area (Å²) in [7, 11) is 0. The molecule has 0 aromatic rings. The molecule has 0 heterocycles. The molecule has 0 spiro atoms. The van der Waals surface area contributed by atoms with Crippen LogP contribution >= 0.6 is 25.3 Å². The van der Waals surface area contributed by atoms with E-state index in [2.05, 4.69) is 30.6 Å². The Hall–Kier alpha value is -0.970. The third-order valence-corrected chi connectivity index (χ3v) is 2.18. The number of rotatable bonds is 7. The Labute approximate surface area is 127 Å². The maximum atomic E-state index is 11.2. The van der Waals surface area contributed by atoms with E-state index in [0.717, 1.165) is 0 Å². The number of nitrogens with one attached hydrogen (secondary N) is 1. The molecule has 0 bridgehead atoms. The Balaban J connectivity index is 0. The van der Waals surface area contributed by atoms with Gasteiger partial charge < -0.3 is 26.4 Å². The molecule has 0 saturated carbocycles. The fraction of sp³-hybridized carbons (Fsp3) is 0.700. The Morgan fingerprint density at radius 1 is 1.25 bits per heavy atom. The summed E-state index contributed by atoms with van der Waals surface area (Å²) in [6.45, 7) is 1.59. The average molecular weight is 328 g/mol. The highest BCUT2D eigenvalue weighted by Gasteiger charge is 2.19. The molecule has 1 unspecified atom stereocenters. The Kier molecular flexibility index (Phi) is 12.6. The van der Waals surface area contributed by atoms with Crippen LogP contribution in [0.15, 0.2) is 0 Å². The number of amides is 1. The summed E-state index contributed by atoms with van der Waals surface area (Å²) in [5, 5.41) is 27.2. The number of hydrogen-bond acceptors (Lipinski definition) is 7. The molecule has 6 N–H and O–H groups in total. The normalized spacial score (nSPS) is 14.2. The maximum absolute atomic E-state index is 11.2. The van der Waals surface area contributed by atoms with Crippen molar-refractivity contribution in [2.45, 2.75) is 37.3 Å². The van der Waals surface area contributed by atoms with E-state index in [-0.39, 0.29) is 18.6 Å². The summed E-state index contributed by atoms with van der Waals surface area (Å²) in [5.74, 6) is -2.98. The Morgan fingerprint density at radius 2 is 1.70 bits per heavy atom. The molecule has 0 aromatic heterocycles. The molecule has 0 rings (SSSR count). The van der Waals surface area contributed by atoms with Crippen molar-refractivity contribution in [2.75, 3.05) is 5.75 Å². The molecule has 0 aliphatic rings. The summed E-state index contributed by atoms with van der Waals surface area (Å²) in [6, 6.07) is -2.19.